The Balaban J connectivity index is 1.16. The zero-order valence-electron chi connectivity index (χ0n) is 24.9. The third-order valence-electron chi connectivity index (χ3n) is 8.30. The van der Waals surface area contributed by atoms with Crippen molar-refractivity contribution in [3.8, 4) is 5.75 Å². The summed E-state index contributed by atoms with van der Waals surface area (Å²) < 4.78 is 57.3. The summed E-state index contributed by atoms with van der Waals surface area (Å²) in [5, 5.41) is 18.1. The maximum Gasteiger partial charge on any atom is 0.459 e. The van der Waals surface area contributed by atoms with Crippen LogP contribution in [0.5, 0.6) is 5.75 Å². The Kier molecular flexibility index (Phi) is 8.16. The van der Waals surface area contributed by atoms with Crippen molar-refractivity contribution in [2.75, 3.05) is 15.5 Å². The topological polar surface area (TPSA) is 147 Å². The molecule has 2 aromatic heterocycles. The van der Waals surface area contributed by atoms with Gasteiger partial charge in [0.2, 0.25) is 0 Å². The summed E-state index contributed by atoms with van der Waals surface area (Å²) in [4.78, 5) is 40.2. The van der Waals surface area contributed by atoms with E-state index in [9.17, 15) is 27.2 Å². The van der Waals surface area contributed by atoms with Crippen LogP contribution in [0.2, 0.25) is 0 Å². The minimum absolute atomic E-state index is 0.0113. The van der Waals surface area contributed by atoms with Crippen molar-refractivity contribution >= 4 is 50.3 Å². The molecular formula is C31H26F4N8O4S. The quantitative estimate of drug-likeness (QED) is 0.119. The number of rotatable bonds is 7. The van der Waals surface area contributed by atoms with Gasteiger partial charge in [-0.05, 0) is 71.5 Å². The number of nitrogens with one attached hydrogen (secondary N) is 3. The molecule has 3 aromatic carbocycles. The van der Waals surface area contributed by atoms with Gasteiger partial charge in [0.25, 0.3) is 11.9 Å². The van der Waals surface area contributed by atoms with Crippen molar-refractivity contribution in [1.82, 2.24) is 25.6 Å². The van der Waals surface area contributed by atoms with E-state index in [1.807, 2.05) is 24.3 Å². The van der Waals surface area contributed by atoms with E-state index < -0.39 is 35.3 Å². The van der Waals surface area contributed by atoms with Crippen LogP contribution in [-0.4, -0.2) is 43.7 Å². The number of hydrogen-bond donors (Lipinski definition) is 3. The molecule has 2 aliphatic rings. The molecule has 0 saturated heterocycles. The monoisotopic (exact) mass is 682 g/mol. The number of thiazole rings is 1. The van der Waals surface area contributed by atoms with Crippen molar-refractivity contribution in [2.24, 2.45) is 0 Å². The van der Waals surface area contributed by atoms with Gasteiger partial charge < -0.3 is 4.89 Å². The number of hydrogen-bond acceptors (Lipinski definition) is 9. The van der Waals surface area contributed by atoms with E-state index in [-0.39, 0.29) is 27.8 Å². The first-order valence-corrected chi connectivity index (χ1v) is 15.8. The van der Waals surface area contributed by atoms with Crippen LogP contribution in [0.3, 0.4) is 0 Å². The molecule has 3 amide bonds. The lowest BCUT2D eigenvalue weighted by Gasteiger charge is -2.30. The molecule has 0 atom stereocenters. The van der Waals surface area contributed by atoms with E-state index in [0.717, 1.165) is 31.7 Å². The van der Waals surface area contributed by atoms with E-state index in [1.165, 1.54) is 23.0 Å². The smallest absolute Gasteiger partial charge is 0.331 e. The number of aromatic amines is 1. The Bertz CT molecular complexity index is 1950. The van der Waals surface area contributed by atoms with Gasteiger partial charge in [-0.15, -0.1) is 9.99 Å². The third kappa shape index (κ3) is 6.01. The number of anilines is 3. The molecule has 0 bridgehead atoms. The van der Waals surface area contributed by atoms with Crippen LogP contribution in [0.4, 0.5) is 39.1 Å². The van der Waals surface area contributed by atoms with Gasteiger partial charge in [-0.2, -0.15) is 22.8 Å². The predicted molar refractivity (Wildman–Crippen MR) is 166 cm³/mol. The highest BCUT2D eigenvalue weighted by atomic mass is 32.1. The number of halogens is 4. The van der Waals surface area contributed by atoms with Crippen molar-refractivity contribution < 1.29 is 36.9 Å². The average molecular weight is 683 g/mol. The average Bonchev–Trinajstić information content (AvgIpc) is 3.75. The number of tetrazole rings is 1. The summed E-state index contributed by atoms with van der Waals surface area (Å²) in [6.45, 7) is 0.0527. The first-order chi connectivity index (χ1) is 23.1. The maximum absolute atomic E-state index is 14.8. The molecule has 7 rings (SSSR count). The van der Waals surface area contributed by atoms with Crippen molar-refractivity contribution in [1.29, 1.82) is 0 Å². The summed E-state index contributed by atoms with van der Waals surface area (Å²) in [5.74, 6) is -5.30. The van der Waals surface area contributed by atoms with Crippen LogP contribution in [0.15, 0.2) is 60.7 Å². The first kappa shape index (κ1) is 31.4. The summed E-state index contributed by atoms with van der Waals surface area (Å²) in [7, 11) is 0. The van der Waals surface area contributed by atoms with Gasteiger partial charge in [-0.3, -0.25) is 20.3 Å². The number of aromatic nitrogens is 5. The minimum Gasteiger partial charge on any atom is -0.331 e. The number of carbonyl (C=O) groups excluding carboxylic acids is 2. The first-order valence-electron chi connectivity index (χ1n) is 15.0. The Morgan fingerprint density at radius 2 is 1.71 bits per heavy atom. The van der Waals surface area contributed by atoms with Crippen molar-refractivity contribution in [3.05, 3.63) is 82.9 Å². The zero-order valence-corrected chi connectivity index (χ0v) is 25.7. The largest absolute Gasteiger partial charge is 0.459 e. The molecule has 248 valence electrons. The molecular weight excluding hydrogens is 656 g/mol. The Labute approximate surface area is 273 Å². The fourth-order valence-corrected chi connectivity index (χ4v) is 6.85. The number of fused-ring (bicyclic) bond motifs is 3. The lowest BCUT2D eigenvalue weighted by Crippen LogP contribution is -2.44. The Morgan fingerprint density at radius 1 is 0.958 bits per heavy atom. The lowest BCUT2D eigenvalue weighted by molar-refractivity contribution is -0.466. The predicted octanol–water partition coefficient (Wildman–Crippen LogP) is 7.36. The number of nitrogens with zero attached hydrogens (tertiary/aromatic N) is 5. The van der Waals surface area contributed by atoms with E-state index >= 15 is 0 Å². The number of urea groups is 1. The molecule has 5 aromatic rings. The fourth-order valence-electron chi connectivity index (χ4n) is 5.82. The highest BCUT2D eigenvalue weighted by Gasteiger charge is 2.65. The second-order valence-corrected chi connectivity index (χ2v) is 12.4. The number of carbonyl (C=O) groups is 2. The number of alkyl halides is 4. The highest BCUT2D eigenvalue weighted by Crippen LogP contribution is 2.54. The van der Waals surface area contributed by atoms with Gasteiger partial charge in [0, 0.05) is 11.3 Å². The SMILES string of the molecule is O=C(Nc1nn[nH]n1)c1ccc(CN(C(=O)Nc2nc3ccc4c(c3s2)C(F)(F)C(F)(F)OO4)c2ccc(C3CCCCC3)cc2)cc1. The zero-order chi connectivity index (χ0) is 33.5. The van der Waals surface area contributed by atoms with Crippen LogP contribution >= 0.6 is 11.3 Å². The van der Waals surface area contributed by atoms with Gasteiger partial charge in [0.15, 0.2) is 10.9 Å². The molecule has 0 radical (unpaired) electrons. The van der Waals surface area contributed by atoms with Gasteiger partial charge >= 0.3 is 18.1 Å². The molecule has 12 nitrogen and oxygen atoms in total. The molecule has 1 aliphatic carbocycles. The van der Waals surface area contributed by atoms with E-state index in [1.54, 1.807) is 24.3 Å². The molecule has 3 N–H and O–H groups in total. The summed E-state index contributed by atoms with van der Waals surface area (Å²) >= 11 is 0.610. The second-order valence-electron chi connectivity index (χ2n) is 11.4. The molecule has 0 spiro atoms. The second kappa shape index (κ2) is 12.5. The Hall–Kier alpha value is -5.16. The van der Waals surface area contributed by atoms with Crippen molar-refractivity contribution in [2.45, 2.75) is 56.6 Å². The standard InChI is InChI=1S/C31H26F4N8O4S/c32-30(33)24-23(46-47-31(30,34)35)15-14-22-25(24)48-28(36-22)38-29(45)43(21-12-10-19(11-13-21)18-4-2-1-3-5-18)16-17-6-8-20(9-7-17)26(44)37-27-39-41-42-40-27/h6-15,18H,1-5,16H2,(H,36,38,45)(H2,37,39,40,41,42,44). The fraction of sp³-hybridized carbons (Fsp3) is 0.290. The molecule has 1 fully saturated rings. The van der Waals surface area contributed by atoms with Gasteiger partial charge in [-0.1, -0.05) is 60.0 Å². The molecule has 1 saturated carbocycles. The van der Waals surface area contributed by atoms with Gasteiger partial charge in [0.1, 0.15) is 0 Å². The summed E-state index contributed by atoms with van der Waals surface area (Å²) in [6.07, 6.45) is 0.830. The van der Waals surface area contributed by atoms with Crippen LogP contribution < -0.4 is 20.4 Å². The number of H-pyrrole nitrogens is 1. The van der Waals surface area contributed by atoms with Crippen LogP contribution in [-0.2, 0) is 17.4 Å². The highest BCUT2D eigenvalue weighted by molar-refractivity contribution is 7.22. The third-order valence-corrected chi connectivity index (χ3v) is 9.31. The van der Waals surface area contributed by atoms with E-state index in [4.69, 9.17) is 0 Å². The molecule has 1 aliphatic heterocycles. The molecule has 0 unspecified atom stereocenters. The Morgan fingerprint density at radius 3 is 2.42 bits per heavy atom. The number of amides is 3. The molecule has 3 heterocycles. The van der Waals surface area contributed by atoms with Crippen LogP contribution in [0, 0.1) is 0 Å². The van der Waals surface area contributed by atoms with Crippen LogP contribution in [0.25, 0.3) is 10.2 Å². The van der Waals surface area contributed by atoms with E-state index in [0.29, 0.717) is 34.1 Å². The maximum atomic E-state index is 14.8. The minimum atomic E-state index is -4.91. The number of benzene rings is 3. The summed E-state index contributed by atoms with van der Waals surface area (Å²) in [6, 6.07) is 15.9. The van der Waals surface area contributed by atoms with E-state index in [2.05, 4.69) is 46.0 Å². The van der Waals surface area contributed by atoms with Gasteiger partial charge in [-0.25, -0.2) is 9.78 Å². The lowest BCUT2D eigenvalue weighted by atomic mass is 9.84. The van der Waals surface area contributed by atoms with Gasteiger partial charge in [0.05, 0.1) is 22.3 Å². The molecule has 17 heteroatoms. The molecule has 48 heavy (non-hydrogen) atoms. The van der Waals surface area contributed by atoms with Crippen molar-refractivity contribution in [3.63, 3.8) is 0 Å². The summed E-state index contributed by atoms with van der Waals surface area (Å²) in [5.41, 5.74) is 1.58. The normalized spacial score (nSPS) is 16.9. The van der Waals surface area contributed by atoms with Crippen LogP contribution in [0.1, 0.15) is 65.1 Å².